The van der Waals surface area contributed by atoms with E-state index in [2.05, 4.69) is 53.3 Å². The maximum Gasteiger partial charge on any atom is 0.401 e. The van der Waals surface area contributed by atoms with Crippen LogP contribution >= 0.6 is 0 Å². The number of H-pyrrole nitrogens is 1. The molecule has 0 spiro atoms. The number of nitrogens with one attached hydrogen (secondary N) is 4. The van der Waals surface area contributed by atoms with Gasteiger partial charge in [-0.1, -0.05) is 6.07 Å². The third-order valence-corrected chi connectivity index (χ3v) is 9.31. The molecule has 11 nitrogen and oxygen atoms in total. The SMILES string of the molecule is Cc1cc(-c2ccc(NC3CCN(C4CCNCC4)CC3)nc2)ccc1-n1cc(C(=O)NCc2nc(C(C)(C)C(F)(F)F)n[nH]2)cn1. The van der Waals surface area contributed by atoms with Gasteiger partial charge in [-0.25, -0.2) is 14.6 Å². The summed E-state index contributed by atoms with van der Waals surface area (Å²) in [5, 5.41) is 20.3. The lowest BCUT2D eigenvalue weighted by atomic mass is 9.92. The van der Waals surface area contributed by atoms with Crippen LogP contribution in [0.1, 0.15) is 67.1 Å². The molecule has 3 aromatic heterocycles. The number of alkyl halides is 3. The average Bonchev–Trinajstić information content (AvgIpc) is 3.75. The van der Waals surface area contributed by atoms with Crippen LogP contribution in [-0.2, 0) is 12.0 Å². The zero-order valence-corrected chi connectivity index (χ0v) is 26.9. The number of hydrogen-bond donors (Lipinski definition) is 4. The number of carbonyl (C=O) groups excluding carboxylic acids is 1. The van der Waals surface area contributed by atoms with E-state index in [0.717, 1.165) is 87.1 Å². The number of pyridine rings is 1. The number of halogens is 3. The van der Waals surface area contributed by atoms with Crippen molar-refractivity contribution in [1.82, 2.24) is 45.5 Å². The van der Waals surface area contributed by atoms with E-state index in [0.29, 0.717) is 11.6 Å². The number of rotatable bonds is 9. The van der Waals surface area contributed by atoms with Gasteiger partial charge in [-0.2, -0.15) is 23.4 Å². The number of hydrogen-bond acceptors (Lipinski definition) is 8. The smallest absolute Gasteiger partial charge is 0.367 e. The predicted octanol–water partition coefficient (Wildman–Crippen LogP) is 4.76. The highest BCUT2D eigenvalue weighted by molar-refractivity contribution is 5.93. The van der Waals surface area contributed by atoms with Crippen LogP contribution in [-0.4, -0.2) is 85.2 Å². The first-order chi connectivity index (χ1) is 22.5. The van der Waals surface area contributed by atoms with Crippen molar-refractivity contribution in [2.45, 2.75) is 76.7 Å². The van der Waals surface area contributed by atoms with Gasteiger partial charge in [0.25, 0.3) is 5.91 Å². The zero-order valence-electron chi connectivity index (χ0n) is 26.9. The van der Waals surface area contributed by atoms with E-state index in [4.69, 9.17) is 4.98 Å². The van der Waals surface area contributed by atoms with Crippen LogP contribution < -0.4 is 16.0 Å². The number of aromatic amines is 1. The van der Waals surface area contributed by atoms with Gasteiger partial charge in [-0.15, -0.1) is 0 Å². The Morgan fingerprint density at radius 2 is 1.77 bits per heavy atom. The van der Waals surface area contributed by atoms with Crippen LogP contribution in [0.5, 0.6) is 0 Å². The van der Waals surface area contributed by atoms with E-state index in [9.17, 15) is 18.0 Å². The van der Waals surface area contributed by atoms with E-state index >= 15 is 0 Å². The molecular formula is C33H41F3N10O. The Bertz CT molecular complexity index is 1670. The third-order valence-electron chi connectivity index (χ3n) is 9.31. The standard InChI is InChI=1S/C33H41F3N10O/c1-21-16-22(23-5-7-28(38-17-23)41-25-10-14-45(15-11-25)26-8-12-37-13-9-26)4-6-27(21)46-20-24(18-40-46)30(47)39-19-29-42-31(44-43-29)32(2,3)33(34,35)36/h4-7,16-18,20,25-26,37H,8-15,19H2,1-3H3,(H,38,41)(H,39,47)(H,42,43,44). The third kappa shape index (κ3) is 7.33. The number of amides is 1. The van der Waals surface area contributed by atoms with Gasteiger partial charge in [0.15, 0.2) is 5.82 Å². The van der Waals surface area contributed by atoms with Gasteiger partial charge < -0.3 is 20.9 Å². The maximum absolute atomic E-state index is 13.3. The van der Waals surface area contributed by atoms with Gasteiger partial charge in [0.2, 0.25) is 0 Å². The normalized spacial score (nSPS) is 17.1. The lowest BCUT2D eigenvalue weighted by Gasteiger charge is -2.39. The van der Waals surface area contributed by atoms with Crippen molar-refractivity contribution in [2.75, 3.05) is 31.5 Å². The molecule has 0 bridgehead atoms. The number of carbonyl (C=O) groups is 1. The Kier molecular flexibility index (Phi) is 9.33. The molecule has 5 heterocycles. The number of aromatic nitrogens is 6. The van der Waals surface area contributed by atoms with E-state index in [-0.39, 0.29) is 18.2 Å². The van der Waals surface area contributed by atoms with Gasteiger partial charge >= 0.3 is 6.18 Å². The van der Waals surface area contributed by atoms with Gasteiger partial charge in [-0.3, -0.25) is 9.89 Å². The van der Waals surface area contributed by atoms with Gasteiger partial charge in [0, 0.05) is 43.1 Å². The van der Waals surface area contributed by atoms with Crippen molar-refractivity contribution in [1.29, 1.82) is 0 Å². The molecule has 2 aliphatic heterocycles. The minimum Gasteiger partial charge on any atom is -0.367 e. The van der Waals surface area contributed by atoms with Crippen LogP contribution in [0.25, 0.3) is 16.8 Å². The van der Waals surface area contributed by atoms with Gasteiger partial charge in [0.05, 0.1) is 24.0 Å². The number of likely N-dealkylation sites (tertiary alicyclic amines) is 1. The Labute approximate surface area is 271 Å². The van der Waals surface area contributed by atoms with Crippen LogP contribution in [0.4, 0.5) is 19.0 Å². The first kappa shape index (κ1) is 32.6. The fourth-order valence-electron chi connectivity index (χ4n) is 6.15. The number of benzene rings is 1. The van der Waals surface area contributed by atoms with Crippen molar-refractivity contribution >= 4 is 11.7 Å². The van der Waals surface area contributed by atoms with Crippen LogP contribution in [0.3, 0.4) is 0 Å². The summed E-state index contributed by atoms with van der Waals surface area (Å²) in [6.07, 6.45) is 5.15. The number of piperidine rings is 2. The van der Waals surface area contributed by atoms with Crippen LogP contribution in [0.2, 0.25) is 0 Å². The van der Waals surface area contributed by atoms with Crippen molar-refractivity contribution < 1.29 is 18.0 Å². The molecule has 2 aliphatic rings. The molecule has 0 unspecified atom stereocenters. The summed E-state index contributed by atoms with van der Waals surface area (Å²) in [6, 6.07) is 11.3. The molecule has 0 saturated carbocycles. The van der Waals surface area contributed by atoms with Gasteiger partial charge in [0.1, 0.15) is 17.1 Å². The topological polar surface area (TPSA) is 129 Å². The first-order valence-corrected chi connectivity index (χ1v) is 16.1. The molecule has 2 fully saturated rings. The Balaban J connectivity index is 1.02. The highest BCUT2D eigenvalue weighted by Gasteiger charge is 2.51. The second kappa shape index (κ2) is 13.4. The van der Waals surface area contributed by atoms with Crippen molar-refractivity contribution in [3.05, 3.63) is 71.7 Å². The number of aryl methyl sites for hydroxylation is 1. The Morgan fingerprint density at radius 1 is 1.02 bits per heavy atom. The van der Waals surface area contributed by atoms with E-state index < -0.39 is 17.5 Å². The summed E-state index contributed by atoms with van der Waals surface area (Å²) in [4.78, 5) is 24.0. The second-order valence-corrected chi connectivity index (χ2v) is 13.0. The predicted molar refractivity (Wildman–Crippen MR) is 172 cm³/mol. The average molecular weight is 651 g/mol. The molecule has 6 rings (SSSR count). The van der Waals surface area contributed by atoms with Crippen molar-refractivity contribution in [3.63, 3.8) is 0 Å². The molecule has 47 heavy (non-hydrogen) atoms. The number of anilines is 1. The molecule has 1 aromatic carbocycles. The zero-order chi connectivity index (χ0) is 33.2. The summed E-state index contributed by atoms with van der Waals surface area (Å²) in [6.45, 7) is 8.38. The molecule has 0 atom stereocenters. The largest absolute Gasteiger partial charge is 0.401 e. The van der Waals surface area contributed by atoms with Crippen molar-refractivity contribution in [2.24, 2.45) is 0 Å². The minimum absolute atomic E-state index is 0.112. The Morgan fingerprint density at radius 3 is 2.45 bits per heavy atom. The van der Waals surface area contributed by atoms with E-state index in [1.807, 2.05) is 31.3 Å². The molecule has 1 amide bonds. The lowest BCUT2D eigenvalue weighted by Crippen LogP contribution is -2.48. The summed E-state index contributed by atoms with van der Waals surface area (Å²) < 4.78 is 41.5. The van der Waals surface area contributed by atoms with Crippen LogP contribution in [0, 0.1) is 6.92 Å². The maximum atomic E-state index is 13.3. The fourth-order valence-corrected chi connectivity index (χ4v) is 6.15. The highest BCUT2D eigenvalue weighted by atomic mass is 19.4. The molecule has 250 valence electrons. The van der Waals surface area contributed by atoms with E-state index in [1.54, 1.807) is 10.9 Å². The van der Waals surface area contributed by atoms with Crippen molar-refractivity contribution in [3.8, 4) is 16.8 Å². The second-order valence-electron chi connectivity index (χ2n) is 13.0. The molecule has 0 aliphatic carbocycles. The monoisotopic (exact) mass is 650 g/mol. The molecule has 14 heteroatoms. The fraction of sp³-hybridized carbons (Fsp3) is 0.485. The molecule has 4 N–H and O–H groups in total. The quantitative estimate of drug-likeness (QED) is 0.204. The molecule has 4 aromatic rings. The molecule has 0 radical (unpaired) electrons. The molecular weight excluding hydrogens is 609 g/mol. The summed E-state index contributed by atoms with van der Waals surface area (Å²) in [7, 11) is 0. The highest BCUT2D eigenvalue weighted by Crippen LogP contribution is 2.38. The molecule has 2 saturated heterocycles. The minimum atomic E-state index is -4.51. The summed E-state index contributed by atoms with van der Waals surface area (Å²) in [5.41, 5.74) is 1.87. The number of nitrogens with zero attached hydrogens (tertiary/aromatic N) is 6. The summed E-state index contributed by atoms with van der Waals surface area (Å²) >= 11 is 0. The van der Waals surface area contributed by atoms with E-state index in [1.165, 1.54) is 19.0 Å². The Hall–Kier alpha value is -4.30. The summed E-state index contributed by atoms with van der Waals surface area (Å²) in [5.74, 6) is 0.184. The van der Waals surface area contributed by atoms with Crippen LogP contribution in [0.15, 0.2) is 48.9 Å². The first-order valence-electron chi connectivity index (χ1n) is 16.1. The lowest BCUT2D eigenvalue weighted by molar-refractivity contribution is -0.182. The van der Waals surface area contributed by atoms with Gasteiger partial charge in [-0.05, 0) is 94.9 Å².